The van der Waals surface area contributed by atoms with Crippen LogP contribution in [-0.2, 0) is 23.1 Å². The molecule has 1 heterocycles. The summed E-state index contributed by atoms with van der Waals surface area (Å²) in [7, 11) is 0. The number of hydrogen-bond donors (Lipinski definition) is 1. The Balaban J connectivity index is 1.87. The number of rotatable bonds is 4. The Morgan fingerprint density at radius 1 is 1.14 bits per heavy atom. The second kappa shape index (κ2) is 6.63. The third kappa shape index (κ3) is 3.40. The highest BCUT2D eigenvalue weighted by atomic mass is 19.4. The van der Waals surface area contributed by atoms with Crippen molar-refractivity contribution in [1.29, 1.82) is 0 Å². The maximum Gasteiger partial charge on any atom is 0.416 e. The minimum absolute atomic E-state index is 0.00637. The third-order valence-corrected chi connectivity index (χ3v) is 4.53. The lowest BCUT2D eigenvalue weighted by atomic mass is 9.90. The number of benzene rings is 2. The summed E-state index contributed by atoms with van der Waals surface area (Å²) < 4.78 is 38.9. The first-order valence-corrected chi connectivity index (χ1v) is 8.07. The quantitative estimate of drug-likeness (QED) is 0.488. The number of imide groups is 1. The molecule has 1 N–H and O–H groups in total. The fourth-order valence-electron chi connectivity index (χ4n) is 2.95. The normalized spacial score (nSPS) is 19.6. The van der Waals surface area contributed by atoms with E-state index < -0.39 is 34.1 Å². The lowest BCUT2D eigenvalue weighted by Crippen LogP contribution is -2.41. The minimum Gasteiger partial charge on any atom is -0.319 e. The number of nitrogens with one attached hydrogen (secondary N) is 1. The van der Waals surface area contributed by atoms with Crippen molar-refractivity contribution < 1.29 is 27.7 Å². The molecule has 1 saturated heterocycles. The van der Waals surface area contributed by atoms with Gasteiger partial charge in [0.2, 0.25) is 0 Å². The van der Waals surface area contributed by atoms with E-state index in [0.717, 1.165) is 17.0 Å². The van der Waals surface area contributed by atoms with Crippen molar-refractivity contribution in [3.05, 3.63) is 75.3 Å². The van der Waals surface area contributed by atoms with E-state index in [1.165, 1.54) is 43.3 Å². The van der Waals surface area contributed by atoms with Crippen molar-refractivity contribution >= 4 is 17.6 Å². The van der Waals surface area contributed by atoms with Gasteiger partial charge in [0.05, 0.1) is 17.0 Å². The average molecular weight is 393 g/mol. The zero-order valence-corrected chi connectivity index (χ0v) is 14.5. The number of amides is 3. The van der Waals surface area contributed by atoms with Crippen LogP contribution in [0, 0.1) is 10.1 Å². The van der Waals surface area contributed by atoms with Crippen LogP contribution in [0.15, 0.2) is 48.5 Å². The Labute approximate surface area is 156 Å². The van der Waals surface area contributed by atoms with Gasteiger partial charge in [-0.05, 0) is 30.2 Å². The summed E-state index contributed by atoms with van der Waals surface area (Å²) in [6.07, 6.45) is -4.59. The van der Waals surface area contributed by atoms with Crippen molar-refractivity contribution in [2.45, 2.75) is 25.2 Å². The number of urea groups is 1. The van der Waals surface area contributed by atoms with E-state index >= 15 is 0 Å². The molecule has 3 rings (SSSR count). The summed E-state index contributed by atoms with van der Waals surface area (Å²) in [6.45, 7) is 1.16. The smallest absolute Gasteiger partial charge is 0.319 e. The van der Waals surface area contributed by atoms with E-state index in [1.807, 2.05) is 0 Å². The molecule has 1 aliphatic rings. The number of carbonyl (C=O) groups excluding carboxylic acids is 2. The van der Waals surface area contributed by atoms with Crippen LogP contribution in [0.25, 0.3) is 0 Å². The van der Waals surface area contributed by atoms with Crippen LogP contribution in [0.1, 0.15) is 23.6 Å². The molecule has 0 saturated carbocycles. The molecule has 28 heavy (non-hydrogen) atoms. The van der Waals surface area contributed by atoms with Gasteiger partial charge in [-0.2, -0.15) is 13.2 Å². The van der Waals surface area contributed by atoms with Gasteiger partial charge in [-0.3, -0.25) is 19.8 Å². The molecule has 7 nitrogen and oxygen atoms in total. The fraction of sp³-hybridized carbons (Fsp3) is 0.222. The maximum atomic E-state index is 13.0. The molecular weight excluding hydrogens is 379 g/mol. The summed E-state index contributed by atoms with van der Waals surface area (Å²) in [5, 5.41) is 13.1. The molecule has 0 aromatic heterocycles. The molecule has 0 unspecified atom stereocenters. The Hall–Kier alpha value is -3.43. The molecule has 0 spiro atoms. The van der Waals surface area contributed by atoms with Crippen LogP contribution >= 0.6 is 0 Å². The highest BCUT2D eigenvalue weighted by Gasteiger charge is 2.49. The van der Waals surface area contributed by atoms with Crippen LogP contribution < -0.4 is 5.32 Å². The zero-order valence-electron chi connectivity index (χ0n) is 14.5. The van der Waals surface area contributed by atoms with Gasteiger partial charge in [0.25, 0.3) is 11.6 Å². The van der Waals surface area contributed by atoms with E-state index in [1.54, 1.807) is 0 Å². The monoisotopic (exact) mass is 393 g/mol. The standard InChI is InChI=1S/C18H14F3N3O4/c1-17(12-3-2-4-13(9-12)18(19,20)21)15(25)23(16(26)22-17)10-11-5-7-14(8-6-11)24(27)28/h2-9H,10H2,1H3,(H,22,26)/t17-/m0/s1. The number of hydrogen-bond acceptors (Lipinski definition) is 4. The van der Waals surface area contributed by atoms with Gasteiger partial charge in [0, 0.05) is 12.1 Å². The van der Waals surface area contributed by atoms with Crippen LogP contribution in [-0.4, -0.2) is 21.8 Å². The zero-order chi connectivity index (χ0) is 20.7. The van der Waals surface area contributed by atoms with E-state index in [0.29, 0.717) is 5.56 Å². The van der Waals surface area contributed by atoms with E-state index in [-0.39, 0.29) is 17.8 Å². The maximum absolute atomic E-state index is 13.0. The summed E-state index contributed by atoms with van der Waals surface area (Å²) in [5.74, 6) is -0.713. The summed E-state index contributed by atoms with van der Waals surface area (Å²) in [5.41, 5.74) is -2.26. The molecule has 0 aliphatic carbocycles. The Morgan fingerprint density at radius 3 is 2.36 bits per heavy atom. The molecule has 1 atom stereocenters. The van der Waals surface area contributed by atoms with Crippen molar-refractivity contribution in [3.8, 4) is 0 Å². The predicted octanol–water partition coefficient (Wildman–Crippen LogP) is 3.58. The van der Waals surface area contributed by atoms with Crippen molar-refractivity contribution in [2.75, 3.05) is 0 Å². The predicted molar refractivity (Wildman–Crippen MR) is 91.0 cm³/mol. The number of nitrogens with zero attached hydrogens (tertiary/aromatic N) is 2. The van der Waals surface area contributed by atoms with Crippen LogP contribution in [0.2, 0.25) is 0 Å². The Bertz CT molecular complexity index is 959. The molecule has 2 aromatic rings. The van der Waals surface area contributed by atoms with E-state index in [2.05, 4.69) is 5.32 Å². The van der Waals surface area contributed by atoms with Gasteiger partial charge in [-0.15, -0.1) is 0 Å². The highest BCUT2D eigenvalue weighted by molar-refractivity contribution is 6.07. The first-order valence-electron chi connectivity index (χ1n) is 8.07. The van der Waals surface area contributed by atoms with Gasteiger partial charge >= 0.3 is 12.2 Å². The summed E-state index contributed by atoms with van der Waals surface area (Å²) >= 11 is 0. The number of nitro benzene ring substituents is 1. The topological polar surface area (TPSA) is 92.6 Å². The van der Waals surface area contributed by atoms with Gasteiger partial charge in [-0.1, -0.05) is 24.3 Å². The minimum atomic E-state index is -4.59. The molecule has 1 aliphatic heterocycles. The average Bonchev–Trinajstić information content (AvgIpc) is 2.86. The Kier molecular flexibility index (Phi) is 4.58. The molecular formula is C18H14F3N3O4. The van der Waals surface area contributed by atoms with Crippen molar-refractivity contribution in [2.24, 2.45) is 0 Å². The number of nitro groups is 1. The largest absolute Gasteiger partial charge is 0.416 e. The fourth-order valence-corrected chi connectivity index (χ4v) is 2.95. The molecule has 146 valence electrons. The molecule has 10 heteroatoms. The second-order valence-corrected chi connectivity index (χ2v) is 6.45. The van der Waals surface area contributed by atoms with Gasteiger partial charge in [0.1, 0.15) is 5.54 Å². The number of halogens is 3. The number of alkyl halides is 3. The third-order valence-electron chi connectivity index (χ3n) is 4.53. The lowest BCUT2D eigenvalue weighted by molar-refractivity contribution is -0.384. The molecule has 0 bridgehead atoms. The highest BCUT2D eigenvalue weighted by Crippen LogP contribution is 2.35. The molecule has 0 radical (unpaired) electrons. The van der Waals surface area contributed by atoms with Gasteiger partial charge in [-0.25, -0.2) is 4.79 Å². The van der Waals surface area contributed by atoms with Crippen molar-refractivity contribution in [3.63, 3.8) is 0 Å². The second-order valence-electron chi connectivity index (χ2n) is 6.45. The van der Waals surface area contributed by atoms with E-state index in [9.17, 15) is 32.9 Å². The van der Waals surface area contributed by atoms with Gasteiger partial charge in [0.15, 0.2) is 0 Å². The summed E-state index contributed by atoms with van der Waals surface area (Å²) in [6, 6.07) is 8.72. The van der Waals surface area contributed by atoms with Crippen LogP contribution in [0.5, 0.6) is 0 Å². The van der Waals surface area contributed by atoms with Crippen molar-refractivity contribution in [1.82, 2.24) is 10.2 Å². The molecule has 2 aromatic carbocycles. The first-order chi connectivity index (χ1) is 13.0. The van der Waals surface area contributed by atoms with E-state index in [4.69, 9.17) is 0 Å². The summed E-state index contributed by atoms with van der Waals surface area (Å²) in [4.78, 5) is 36.1. The first kappa shape index (κ1) is 19.3. The van der Waals surface area contributed by atoms with Gasteiger partial charge < -0.3 is 5.32 Å². The number of non-ortho nitro benzene ring substituents is 1. The van der Waals surface area contributed by atoms with Crippen LogP contribution in [0.3, 0.4) is 0 Å². The lowest BCUT2D eigenvalue weighted by Gasteiger charge is -2.23. The SMILES string of the molecule is C[C@@]1(c2cccc(C(F)(F)F)c2)NC(=O)N(Cc2ccc([N+](=O)[O-])cc2)C1=O. The van der Waals surface area contributed by atoms with Crippen LogP contribution in [0.4, 0.5) is 23.7 Å². The Morgan fingerprint density at radius 2 is 1.79 bits per heavy atom. The molecule has 3 amide bonds. The molecule has 1 fully saturated rings. The number of carbonyl (C=O) groups is 2.